The molecule has 0 amide bonds. The molecule has 2 aliphatic heterocycles. The van der Waals surface area contributed by atoms with Gasteiger partial charge in [-0.25, -0.2) is 0 Å². The topological polar surface area (TPSA) is 6.48 Å². The van der Waals surface area contributed by atoms with E-state index in [2.05, 4.69) is 159 Å². The van der Waals surface area contributed by atoms with E-state index in [9.17, 15) is 0 Å². The SMILES string of the molecule is CC1(C)c2ccccc2N(c2ccc(N3c4ccccc4C(C)(C)c4ccccc43)cc2)c2ccccc21. The highest BCUT2D eigenvalue weighted by molar-refractivity contribution is 5.89. The third-order valence-electron chi connectivity index (χ3n) is 8.64. The van der Waals surface area contributed by atoms with E-state index in [4.69, 9.17) is 0 Å². The molecule has 0 radical (unpaired) electrons. The van der Waals surface area contributed by atoms with Gasteiger partial charge in [0, 0.05) is 22.2 Å². The number of nitrogens with zero attached hydrogens (tertiary/aromatic N) is 2. The Labute approximate surface area is 225 Å². The molecule has 0 atom stereocenters. The second-order valence-electron chi connectivity index (χ2n) is 11.5. The van der Waals surface area contributed by atoms with Gasteiger partial charge in [-0.05, 0) is 70.8 Å². The molecule has 0 fully saturated rings. The number of fused-ring (bicyclic) bond motifs is 4. The van der Waals surface area contributed by atoms with Gasteiger partial charge in [-0.15, -0.1) is 0 Å². The monoisotopic (exact) mass is 492 g/mol. The van der Waals surface area contributed by atoms with Gasteiger partial charge in [0.05, 0.1) is 22.7 Å². The molecule has 0 saturated heterocycles. The summed E-state index contributed by atoms with van der Waals surface area (Å²) < 4.78 is 0. The number of anilines is 6. The molecule has 186 valence electrons. The van der Waals surface area contributed by atoms with Crippen molar-refractivity contribution in [3.05, 3.63) is 144 Å². The van der Waals surface area contributed by atoms with Crippen molar-refractivity contribution in [1.29, 1.82) is 0 Å². The first-order chi connectivity index (χ1) is 18.4. The lowest BCUT2D eigenvalue weighted by atomic mass is 9.73. The van der Waals surface area contributed by atoms with Gasteiger partial charge >= 0.3 is 0 Å². The second kappa shape index (κ2) is 8.10. The summed E-state index contributed by atoms with van der Waals surface area (Å²) >= 11 is 0. The van der Waals surface area contributed by atoms with Crippen molar-refractivity contribution < 1.29 is 0 Å². The maximum absolute atomic E-state index is 2.42. The molecular formula is C36H32N2. The zero-order valence-corrected chi connectivity index (χ0v) is 22.4. The fourth-order valence-corrected chi connectivity index (χ4v) is 6.65. The van der Waals surface area contributed by atoms with Crippen LogP contribution in [0.2, 0.25) is 0 Å². The molecule has 0 saturated carbocycles. The fraction of sp³-hybridized carbons (Fsp3) is 0.167. The van der Waals surface area contributed by atoms with Crippen LogP contribution in [0.5, 0.6) is 0 Å². The number of benzene rings is 5. The maximum Gasteiger partial charge on any atom is 0.0502 e. The molecule has 5 aromatic carbocycles. The Morgan fingerprint density at radius 1 is 0.342 bits per heavy atom. The predicted octanol–water partition coefficient (Wildman–Crippen LogP) is 9.90. The van der Waals surface area contributed by atoms with Gasteiger partial charge < -0.3 is 9.80 Å². The van der Waals surface area contributed by atoms with E-state index < -0.39 is 0 Å². The zero-order chi connectivity index (χ0) is 26.1. The highest BCUT2D eigenvalue weighted by Gasteiger charge is 2.38. The first kappa shape index (κ1) is 22.9. The molecule has 0 aromatic heterocycles. The summed E-state index contributed by atoms with van der Waals surface area (Å²) in [5.74, 6) is 0. The molecule has 2 heteroatoms. The number of para-hydroxylation sites is 4. The van der Waals surface area contributed by atoms with Crippen molar-refractivity contribution in [2.24, 2.45) is 0 Å². The molecule has 2 heterocycles. The number of hydrogen-bond acceptors (Lipinski definition) is 2. The van der Waals surface area contributed by atoms with E-state index in [1.165, 1.54) is 56.4 Å². The summed E-state index contributed by atoms with van der Waals surface area (Å²) in [4.78, 5) is 4.84. The molecule has 7 rings (SSSR count). The quantitative estimate of drug-likeness (QED) is 0.242. The van der Waals surface area contributed by atoms with Crippen LogP contribution < -0.4 is 9.80 Å². The molecule has 5 aromatic rings. The Morgan fingerprint density at radius 2 is 0.579 bits per heavy atom. The van der Waals surface area contributed by atoms with Crippen molar-refractivity contribution in [2.45, 2.75) is 38.5 Å². The summed E-state index contributed by atoms with van der Waals surface area (Å²) in [6.45, 7) is 9.32. The van der Waals surface area contributed by atoms with Crippen LogP contribution in [-0.2, 0) is 10.8 Å². The van der Waals surface area contributed by atoms with Gasteiger partial charge in [0.15, 0.2) is 0 Å². The van der Waals surface area contributed by atoms with Gasteiger partial charge in [0.25, 0.3) is 0 Å². The van der Waals surface area contributed by atoms with Crippen molar-refractivity contribution in [3.63, 3.8) is 0 Å². The van der Waals surface area contributed by atoms with Crippen molar-refractivity contribution in [3.8, 4) is 0 Å². The van der Waals surface area contributed by atoms with E-state index in [1.54, 1.807) is 0 Å². The van der Waals surface area contributed by atoms with Crippen molar-refractivity contribution in [1.82, 2.24) is 0 Å². The molecule has 2 nitrogen and oxygen atoms in total. The van der Waals surface area contributed by atoms with E-state index >= 15 is 0 Å². The summed E-state index contributed by atoms with van der Waals surface area (Å²) in [6.07, 6.45) is 0. The van der Waals surface area contributed by atoms with Crippen LogP contribution in [0.1, 0.15) is 49.9 Å². The van der Waals surface area contributed by atoms with Crippen molar-refractivity contribution in [2.75, 3.05) is 9.80 Å². The van der Waals surface area contributed by atoms with Gasteiger partial charge in [-0.2, -0.15) is 0 Å². The maximum atomic E-state index is 2.42. The Hall–Kier alpha value is -4.30. The van der Waals surface area contributed by atoms with Crippen LogP contribution in [0, 0.1) is 0 Å². The number of rotatable bonds is 2. The normalized spacial score (nSPS) is 16.2. The lowest BCUT2D eigenvalue weighted by Gasteiger charge is -2.43. The van der Waals surface area contributed by atoms with Gasteiger partial charge in [0.2, 0.25) is 0 Å². The minimum atomic E-state index is -0.0579. The Morgan fingerprint density at radius 3 is 0.842 bits per heavy atom. The van der Waals surface area contributed by atoms with E-state index in [0.29, 0.717) is 0 Å². The van der Waals surface area contributed by atoms with Gasteiger partial charge in [-0.3, -0.25) is 0 Å². The summed E-state index contributed by atoms with van der Waals surface area (Å²) in [6, 6.07) is 44.4. The summed E-state index contributed by atoms with van der Waals surface area (Å²) in [5, 5.41) is 0. The van der Waals surface area contributed by atoms with E-state index in [1.807, 2.05) is 0 Å². The smallest absolute Gasteiger partial charge is 0.0502 e. The second-order valence-corrected chi connectivity index (χ2v) is 11.5. The average Bonchev–Trinajstić information content (AvgIpc) is 2.94. The molecule has 0 N–H and O–H groups in total. The van der Waals surface area contributed by atoms with Crippen LogP contribution in [0.15, 0.2) is 121 Å². The van der Waals surface area contributed by atoms with E-state index in [-0.39, 0.29) is 10.8 Å². The van der Waals surface area contributed by atoms with E-state index in [0.717, 1.165) is 0 Å². The third kappa shape index (κ3) is 3.13. The van der Waals surface area contributed by atoms with Crippen molar-refractivity contribution >= 4 is 34.1 Å². The Bertz CT molecular complexity index is 1450. The van der Waals surface area contributed by atoms with Crippen LogP contribution in [0.25, 0.3) is 0 Å². The minimum Gasteiger partial charge on any atom is -0.310 e. The highest BCUT2D eigenvalue weighted by Crippen LogP contribution is 2.54. The number of hydrogen-bond donors (Lipinski definition) is 0. The first-order valence-electron chi connectivity index (χ1n) is 13.5. The Balaban J connectivity index is 1.37. The molecule has 0 aliphatic carbocycles. The molecule has 0 unspecified atom stereocenters. The minimum absolute atomic E-state index is 0.0579. The molecule has 0 bridgehead atoms. The van der Waals surface area contributed by atoms with Gasteiger partial charge in [0.1, 0.15) is 0 Å². The standard InChI is InChI=1S/C36H32N2/c1-35(2)27-13-5-9-17-31(27)37(32-18-10-6-14-28(32)35)25-21-23-26(24-22-25)38-33-19-11-7-15-29(33)36(3,4)30-16-8-12-20-34(30)38/h5-24H,1-4H3. The van der Waals surface area contributed by atoms with Crippen LogP contribution in [0.3, 0.4) is 0 Å². The molecule has 2 aliphatic rings. The largest absolute Gasteiger partial charge is 0.310 e. The average molecular weight is 493 g/mol. The van der Waals surface area contributed by atoms with Gasteiger partial charge in [-0.1, -0.05) is 100 Å². The lowest BCUT2D eigenvalue weighted by Crippen LogP contribution is -2.31. The van der Waals surface area contributed by atoms with Crippen LogP contribution >= 0.6 is 0 Å². The third-order valence-corrected chi connectivity index (χ3v) is 8.64. The predicted molar refractivity (Wildman–Crippen MR) is 160 cm³/mol. The Kier molecular flexibility index (Phi) is 4.87. The highest BCUT2D eigenvalue weighted by atomic mass is 15.2. The molecular weight excluding hydrogens is 460 g/mol. The first-order valence-corrected chi connectivity index (χ1v) is 13.5. The fourth-order valence-electron chi connectivity index (χ4n) is 6.65. The lowest BCUT2D eigenvalue weighted by molar-refractivity contribution is 0.631. The summed E-state index contributed by atoms with van der Waals surface area (Å²) in [7, 11) is 0. The molecule has 38 heavy (non-hydrogen) atoms. The summed E-state index contributed by atoms with van der Waals surface area (Å²) in [5.41, 5.74) is 12.6. The van der Waals surface area contributed by atoms with Crippen LogP contribution in [0.4, 0.5) is 34.1 Å². The molecule has 0 spiro atoms. The van der Waals surface area contributed by atoms with Crippen LogP contribution in [-0.4, -0.2) is 0 Å². The zero-order valence-electron chi connectivity index (χ0n) is 22.4.